The molecule has 1 aromatic carbocycles. The largest absolute Gasteiger partial charge is 0.487 e. The van der Waals surface area contributed by atoms with Crippen LogP contribution in [0.3, 0.4) is 0 Å². The first-order valence-electron chi connectivity index (χ1n) is 8.99. The molecule has 0 fully saturated rings. The minimum Gasteiger partial charge on any atom is -0.487 e. The second-order valence-corrected chi connectivity index (χ2v) is 6.74. The molecule has 0 radical (unpaired) electrons. The quantitative estimate of drug-likeness (QED) is 0.537. The molecule has 0 saturated carbocycles. The fraction of sp³-hybridized carbons (Fsp3) is 0.286. The van der Waals surface area contributed by atoms with Gasteiger partial charge in [0.1, 0.15) is 29.9 Å². The Morgan fingerprint density at radius 3 is 2.63 bits per heavy atom. The number of aryl methyl sites for hydroxylation is 2. The molecule has 0 unspecified atom stereocenters. The summed E-state index contributed by atoms with van der Waals surface area (Å²) in [6, 6.07) is 11.5. The first-order chi connectivity index (χ1) is 13.2. The molecule has 3 rings (SSSR count). The van der Waals surface area contributed by atoms with Crippen LogP contribution in [0.25, 0.3) is 0 Å². The first-order valence-corrected chi connectivity index (χ1v) is 9.37. The number of hydrogen-bond donors (Lipinski definition) is 1. The topological polar surface area (TPSA) is 74.6 Å². The van der Waals surface area contributed by atoms with E-state index in [1.165, 1.54) is 0 Å². The maximum atomic E-state index is 9.13. The number of aromatic nitrogens is 3. The minimum absolute atomic E-state index is 0.416. The van der Waals surface area contributed by atoms with Gasteiger partial charge in [-0.05, 0) is 48.6 Å². The van der Waals surface area contributed by atoms with Crippen molar-refractivity contribution in [2.75, 3.05) is 0 Å². The predicted molar refractivity (Wildman–Crippen MR) is 105 cm³/mol. The molecule has 2 aromatic heterocycles. The average Bonchev–Trinajstić information content (AvgIpc) is 3.21. The van der Waals surface area contributed by atoms with Crippen molar-refractivity contribution >= 4 is 11.6 Å². The second-order valence-electron chi connectivity index (χ2n) is 6.30. The Bertz CT molecular complexity index is 886. The lowest BCUT2D eigenvalue weighted by Gasteiger charge is -2.12. The van der Waals surface area contributed by atoms with Crippen LogP contribution in [0, 0.1) is 11.3 Å². The summed E-state index contributed by atoms with van der Waals surface area (Å²) in [5.74, 6) is 1.76. The van der Waals surface area contributed by atoms with Crippen LogP contribution in [-0.2, 0) is 19.4 Å². The van der Waals surface area contributed by atoms with E-state index in [0.717, 1.165) is 54.8 Å². The van der Waals surface area contributed by atoms with E-state index in [4.69, 9.17) is 21.6 Å². The van der Waals surface area contributed by atoms with Crippen molar-refractivity contribution in [2.24, 2.45) is 0 Å². The van der Waals surface area contributed by atoms with Crippen LogP contribution in [-0.4, -0.2) is 15.0 Å². The minimum atomic E-state index is 0.416. The van der Waals surface area contributed by atoms with Crippen LogP contribution in [0.4, 0.5) is 0 Å². The van der Waals surface area contributed by atoms with Crippen LogP contribution < -0.4 is 4.74 Å². The van der Waals surface area contributed by atoms with Crippen molar-refractivity contribution in [3.63, 3.8) is 0 Å². The lowest BCUT2D eigenvalue weighted by molar-refractivity contribution is 0.301. The van der Waals surface area contributed by atoms with E-state index in [1.54, 1.807) is 12.4 Å². The zero-order chi connectivity index (χ0) is 18.9. The molecule has 27 heavy (non-hydrogen) atoms. The Morgan fingerprint density at radius 2 is 1.89 bits per heavy atom. The Balaban J connectivity index is 1.55. The summed E-state index contributed by atoms with van der Waals surface area (Å²) in [6.07, 6.45) is 10.3. The summed E-state index contributed by atoms with van der Waals surface area (Å²) in [5, 5.41) is 9.83. The van der Waals surface area contributed by atoms with Crippen LogP contribution in [0.15, 0.2) is 48.9 Å². The smallest absolute Gasteiger partial charge is 0.141 e. The van der Waals surface area contributed by atoms with Crippen molar-refractivity contribution in [3.05, 3.63) is 76.6 Å². The second kappa shape index (κ2) is 9.75. The van der Waals surface area contributed by atoms with E-state index >= 15 is 0 Å². The monoisotopic (exact) mass is 380 g/mol. The highest BCUT2D eigenvalue weighted by atomic mass is 35.5. The number of aromatic amines is 1. The van der Waals surface area contributed by atoms with Crippen molar-refractivity contribution in [3.8, 4) is 11.8 Å². The third-order valence-corrected chi connectivity index (χ3v) is 4.54. The van der Waals surface area contributed by atoms with Crippen molar-refractivity contribution in [2.45, 2.75) is 38.7 Å². The Kier molecular flexibility index (Phi) is 6.84. The molecule has 2 heterocycles. The van der Waals surface area contributed by atoms with E-state index in [9.17, 15) is 0 Å². The molecular weight excluding hydrogens is 360 g/mol. The summed E-state index contributed by atoms with van der Waals surface area (Å²) in [5.41, 5.74) is 2.47. The molecule has 6 heteroatoms. The Labute approximate surface area is 164 Å². The molecule has 138 valence electrons. The van der Waals surface area contributed by atoms with E-state index in [2.05, 4.69) is 21.0 Å². The number of H-pyrrole nitrogens is 1. The van der Waals surface area contributed by atoms with E-state index in [-0.39, 0.29) is 0 Å². The third-order valence-electron chi connectivity index (χ3n) is 4.29. The summed E-state index contributed by atoms with van der Waals surface area (Å²) in [6.45, 7) is 0.441. The Hall–Kier alpha value is -2.84. The van der Waals surface area contributed by atoms with Gasteiger partial charge in [0.15, 0.2) is 0 Å². The fourth-order valence-electron chi connectivity index (χ4n) is 2.83. The Morgan fingerprint density at radius 1 is 1.07 bits per heavy atom. The number of imidazole rings is 1. The summed E-state index contributed by atoms with van der Waals surface area (Å²) >= 11 is 5.92. The van der Waals surface area contributed by atoms with Crippen LogP contribution in [0.1, 0.15) is 41.9 Å². The molecule has 5 nitrogen and oxygen atoms in total. The number of ether oxygens (including phenoxy) is 1. The molecule has 3 aromatic rings. The maximum Gasteiger partial charge on any atom is 0.141 e. The number of rotatable bonds is 9. The number of nitriles is 1. The van der Waals surface area contributed by atoms with Gasteiger partial charge in [-0.25, -0.2) is 9.97 Å². The standard InChI is InChI=1S/C21H21ClN4O/c22-18-8-6-16(7-9-18)15-27-20-14-26-19(13-23)12-17(20)4-2-1-3-5-21-24-10-11-25-21/h6-12,14H,1-5,15H2,(H,24,25). The van der Waals surface area contributed by atoms with E-state index in [0.29, 0.717) is 17.3 Å². The number of unbranched alkanes of at least 4 members (excludes halogenated alkanes) is 2. The van der Waals surface area contributed by atoms with Crippen molar-refractivity contribution in [1.82, 2.24) is 15.0 Å². The molecule has 0 spiro atoms. The average molecular weight is 381 g/mol. The molecule has 0 aliphatic rings. The highest BCUT2D eigenvalue weighted by Gasteiger charge is 2.08. The summed E-state index contributed by atoms with van der Waals surface area (Å²) < 4.78 is 5.95. The molecular formula is C21H21ClN4O. The lowest BCUT2D eigenvalue weighted by Crippen LogP contribution is -2.01. The molecule has 1 N–H and O–H groups in total. The van der Waals surface area contributed by atoms with Crippen molar-refractivity contribution in [1.29, 1.82) is 5.26 Å². The summed E-state index contributed by atoms with van der Waals surface area (Å²) in [7, 11) is 0. The van der Waals surface area contributed by atoms with Crippen LogP contribution in [0.5, 0.6) is 5.75 Å². The SMILES string of the molecule is N#Cc1cc(CCCCCc2ncc[nH]2)c(OCc2ccc(Cl)cc2)cn1. The van der Waals surface area contributed by atoms with Gasteiger partial charge in [0.2, 0.25) is 0 Å². The van der Waals surface area contributed by atoms with Crippen LogP contribution in [0.2, 0.25) is 5.02 Å². The molecule has 0 atom stereocenters. The number of nitrogens with one attached hydrogen (secondary N) is 1. The molecule has 0 amide bonds. The first kappa shape index (κ1) is 18.9. The van der Waals surface area contributed by atoms with Gasteiger partial charge < -0.3 is 9.72 Å². The van der Waals surface area contributed by atoms with Gasteiger partial charge in [0.25, 0.3) is 0 Å². The normalized spacial score (nSPS) is 10.5. The zero-order valence-electron chi connectivity index (χ0n) is 15.0. The number of pyridine rings is 1. The number of hydrogen-bond acceptors (Lipinski definition) is 4. The predicted octanol–water partition coefficient (Wildman–Crippen LogP) is 4.86. The number of halogens is 1. The molecule has 0 saturated heterocycles. The van der Waals surface area contributed by atoms with E-state index < -0.39 is 0 Å². The van der Waals surface area contributed by atoms with Gasteiger partial charge in [0, 0.05) is 23.8 Å². The van der Waals surface area contributed by atoms with Gasteiger partial charge in [-0.1, -0.05) is 30.2 Å². The highest BCUT2D eigenvalue weighted by Crippen LogP contribution is 2.22. The van der Waals surface area contributed by atoms with Gasteiger partial charge in [-0.2, -0.15) is 5.26 Å². The van der Waals surface area contributed by atoms with Gasteiger partial charge in [-0.15, -0.1) is 0 Å². The van der Waals surface area contributed by atoms with Gasteiger partial charge >= 0.3 is 0 Å². The maximum absolute atomic E-state index is 9.13. The van der Waals surface area contributed by atoms with Gasteiger partial charge in [0.05, 0.1) is 6.20 Å². The van der Waals surface area contributed by atoms with Crippen LogP contribution >= 0.6 is 11.6 Å². The summed E-state index contributed by atoms with van der Waals surface area (Å²) in [4.78, 5) is 11.5. The van der Waals surface area contributed by atoms with Gasteiger partial charge in [-0.3, -0.25) is 0 Å². The van der Waals surface area contributed by atoms with E-state index in [1.807, 2.05) is 36.5 Å². The molecule has 0 aliphatic carbocycles. The molecule has 0 aliphatic heterocycles. The lowest BCUT2D eigenvalue weighted by atomic mass is 10.1. The molecule has 0 bridgehead atoms. The fourth-order valence-corrected chi connectivity index (χ4v) is 2.96. The number of nitrogens with zero attached hydrogens (tertiary/aromatic N) is 3. The highest BCUT2D eigenvalue weighted by molar-refractivity contribution is 6.30. The third kappa shape index (κ3) is 5.83. The van der Waals surface area contributed by atoms with Crippen molar-refractivity contribution < 1.29 is 4.74 Å². The zero-order valence-corrected chi connectivity index (χ0v) is 15.7. The number of benzene rings is 1.